The van der Waals surface area contributed by atoms with Crippen LogP contribution in [0.15, 0.2) is 27.7 Å². The molecule has 0 aliphatic rings. The van der Waals surface area contributed by atoms with Crippen LogP contribution in [0.1, 0.15) is 20.8 Å². The van der Waals surface area contributed by atoms with Crippen LogP contribution in [0.3, 0.4) is 0 Å². The standard InChI is InChI=1S/C11H14BrClN2/c1-11(2,3)10(14)15-8-6-4-5-7(13)9(8)12/h4-6H,1-3H3,(H2,14,15). The highest BCUT2D eigenvalue weighted by Crippen LogP contribution is 2.32. The molecule has 82 valence electrons. The van der Waals surface area contributed by atoms with Gasteiger partial charge >= 0.3 is 0 Å². The highest BCUT2D eigenvalue weighted by Gasteiger charge is 2.16. The number of nitrogens with two attached hydrogens (primary N) is 1. The Morgan fingerprint density at radius 1 is 1.40 bits per heavy atom. The van der Waals surface area contributed by atoms with Gasteiger partial charge in [-0.2, -0.15) is 0 Å². The van der Waals surface area contributed by atoms with E-state index in [-0.39, 0.29) is 5.41 Å². The van der Waals surface area contributed by atoms with Crippen LogP contribution in [0.4, 0.5) is 5.69 Å². The van der Waals surface area contributed by atoms with Crippen LogP contribution in [0.2, 0.25) is 5.02 Å². The third-order valence-corrected chi connectivity index (χ3v) is 3.32. The molecule has 1 rings (SSSR count). The first-order chi connectivity index (χ1) is 6.82. The van der Waals surface area contributed by atoms with Crippen molar-refractivity contribution in [2.45, 2.75) is 20.8 Å². The number of aliphatic imine (C=N–C) groups is 1. The van der Waals surface area contributed by atoms with Gasteiger partial charge in [-0.25, -0.2) is 4.99 Å². The van der Waals surface area contributed by atoms with Crippen molar-refractivity contribution < 1.29 is 0 Å². The molecule has 0 saturated carbocycles. The fraction of sp³-hybridized carbons (Fsp3) is 0.364. The van der Waals surface area contributed by atoms with Crippen LogP contribution in [0.5, 0.6) is 0 Å². The summed E-state index contributed by atoms with van der Waals surface area (Å²) in [5.41, 5.74) is 6.51. The third-order valence-electron chi connectivity index (χ3n) is 1.94. The molecule has 0 saturated heterocycles. The lowest BCUT2D eigenvalue weighted by Crippen LogP contribution is -2.28. The zero-order valence-electron chi connectivity index (χ0n) is 9.01. The average molecular weight is 290 g/mol. The zero-order chi connectivity index (χ0) is 11.6. The summed E-state index contributed by atoms with van der Waals surface area (Å²) in [6, 6.07) is 5.52. The number of halogens is 2. The summed E-state index contributed by atoms with van der Waals surface area (Å²) in [5.74, 6) is 0.588. The number of benzene rings is 1. The quantitative estimate of drug-likeness (QED) is 0.612. The van der Waals surface area contributed by atoms with Crippen molar-refractivity contribution in [1.29, 1.82) is 0 Å². The van der Waals surface area contributed by atoms with Crippen LogP contribution in [0.25, 0.3) is 0 Å². The van der Waals surface area contributed by atoms with Crippen molar-refractivity contribution in [2.24, 2.45) is 16.1 Å². The summed E-state index contributed by atoms with van der Waals surface area (Å²) < 4.78 is 0.777. The molecule has 0 heterocycles. The summed E-state index contributed by atoms with van der Waals surface area (Å²) in [7, 11) is 0. The van der Waals surface area contributed by atoms with Crippen molar-refractivity contribution >= 4 is 39.1 Å². The molecule has 1 aromatic carbocycles. The second-order valence-corrected chi connectivity index (χ2v) is 5.52. The van der Waals surface area contributed by atoms with Gasteiger partial charge in [-0.3, -0.25) is 0 Å². The number of amidine groups is 1. The van der Waals surface area contributed by atoms with Crippen LogP contribution in [-0.2, 0) is 0 Å². The Morgan fingerprint density at radius 2 is 2.00 bits per heavy atom. The molecule has 0 spiro atoms. The Hall–Kier alpha value is -0.540. The van der Waals surface area contributed by atoms with Crippen molar-refractivity contribution in [3.63, 3.8) is 0 Å². The van der Waals surface area contributed by atoms with Gasteiger partial charge in [0.1, 0.15) is 5.84 Å². The smallest absolute Gasteiger partial charge is 0.105 e. The molecule has 2 nitrogen and oxygen atoms in total. The molecule has 0 atom stereocenters. The van der Waals surface area contributed by atoms with E-state index in [1.165, 1.54) is 0 Å². The minimum atomic E-state index is -0.137. The highest BCUT2D eigenvalue weighted by molar-refractivity contribution is 9.10. The molecule has 0 aliphatic carbocycles. The summed E-state index contributed by atoms with van der Waals surface area (Å²) in [6.07, 6.45) is 0. The molecule has 0 radical (unpaired) electrons. The largest absolute Gasteiger partial charge is 0.387 e. The van der Waals surface area contributed by atoms with E-state index in [0.717, 1.165) is 10.2 Å². The molecular weight excluding hydrogens is 275 g/mol. The lowest BCUT2D eigenvalue weighted by atomic mass is 9.95. The SMILES string of the molecule is CC(C)(C)C(N)=Nc1cccc(Cl)c1Br. The van der Waals surface area contributed by atoms with Crippen LogP contribution < -0.4 is 5.73 Å². The molecule has 2 N–H and O–H groups in total. The molecule has 0 aromatic heterocycles. The molecule has 0 aliphatic heterocycles. The van der Waals surface area contributed by atoms with E-state index in [0.29, 0.717) is 10.9 Å². The van der Waals surface area contributed by atoms with E-state index in [1.54, 1.807) is 6.07 Å². The predicted molar refractivity (Wildman–Crippen MR) is 69.9 cm³/mol. The summed E-state index contributed by atoms with van der Waals surface area (Å²) in [5, 5.41) is 0.637. The zero-order valence-corrected chi connectivity index (χ0v) is 11.4. The topological polar surface area (TPSA) is 38.4 Å². The minimum Gasteiger partial charge on any atom is -0.387 e. The van der Waals surface area contributed by atoms with Crippen LogP contribution >= 0.6 is 27.5 Å². The van der Waals surface area contributed by atoms with Gasteiger partial charge in [-0.05, 0) is 28.1 Å². The van der Waals surface area contributed by atoms with Gasteiger partial charge in [-0.1, -0.05) is 38.4 Å². The lowest BCUT2D eigenvalue weighted by molar-refractivity contribution is 0.585. The molecule has 0 amide bonds. The first kappa shape index (κ1) is 12.5. The van der Waals surface area contributed by atoms with Crippen LogP contribution in [-0.4, -0.2) is 5.84 Å². The van der Waals surface area contributed by atoms with Crippen molar-refractivity contribution in [3.05, 3.63) is 27.7 Å². The molecule has 0 unspecified atom stereocenters. The van der Waals surface area contributed by atoms with Crippen molar-refractivity contribution in [2.75, 3.05) is 0 Å². The summed E-state index contributed by atoms with van der Waals surface area (Å²) >= 11 is 9.34. The van der Waals surface area contributed by atoms with Gasteiger partial charge in [0.2, 0.25) is 0 Å². The molecule has 0 fully saturated rings. The van der Waals surface area contributed by atoms with Gasteiger partial charge in [0, 0.05) is 5.41 Å². The molecule has 4 heteroatoms. The minimum absolute atomic E-state index is 0.137. The van der Waals surface area contributed by atoms with Crippen molar-refractivity contribution in [3.8, 4) is 0 Å². The number of nitrogens with zero attached hydrogens (tertiary/aromatic N) is 1. The maximum atomic E-state index is 5.95. The monoisotopic (exact) mass is 288 g/mol. The second kappa shape index (κ2) is 4.54. The summed E-state index contributed by atoms with van der Waals surface area (Å²) in [6.45, 7) is 6.05. The lowest BCUT2D eigenvalue weighted by Gasteiger charge is -2.17. The Kier molecular flexibility index (Phi) is 3.79. The first-order valence-corrected chi connectivity index (χ1v) is 5.78. The number of rotatable bonds is 1. The third kappa shape index (κ3) is 3.21. The fourth-order valence-corrected chi connectivity index (χ4v) is 1.40. The fourth-order valence-electron chi connectivity index (χ4n) is 0.876. The average Bonchev–Trinajstić information content (AvgIpc) is 2.11. The van der Waals surface area contributed by atoms with Crippen LogP contribution in [0, 0.1) is 5.41 Å². The Balaban J connectivity index is 3.15. The van der Waals surface area contributed by atoms with E-state index in [2.05, 4.69) is 20.9 Å². The van der Waals surface area contributed by atoms with E-state index < -0.39 is 0 Å². The molecular formula is C11H14BrClN2. The van der Waals surface area contributed by atoms with Crippen molar-refractivity contribution in [1.82, 2.24) is 0 Å². The number of hydrogen-bond acceptors (Lipinski definition) is 1. The predicted octanol–water partition coefficient (Wildman–Crippen LogP) is 4.14. The maximum Gasteiger partial charge on any atom is 0.105 e. The van der Waals surface area contributed by atoms with Gasteiger partial charge in [0.25, 0.3) is 0 Å². The van der Waals surface area contributed by atoms with E-state index in [1.807, 2.05) is 32.9 Å². The Labute approximate surface area is 104 Å². The van der Waals surface area contributed by atoms with E-state index >= 15 is 0 Å². The highest BCUT2D eigenvalue weighted by atomic mass is 79.9. The maximum absolute atomic E-state index is 5.95. The molecule has 0 bridgehead atoms. The molecule has 1 aromatic rings. The van der Waals surface area contributed by atoms with E-state index in [9.17, 15) is 0 Å². The normalized spacial score (nSPS) is 13.0. The molecule has 15 heavy (non-hydrogen) atoms. The van der Waals surface area contributed by atoms with Gasteiger partial charge in [-0.15, -0.1) is 0 Å². The van der Waals surface area contributed by atoms with Gasteiger partial charge in [0.05, 0.1) is 15.2 Å². The van der Waals surface area contributed by atoms with E-state index in [4.69, 9.17) is 17.3 Å². The van der Waals surface area contributed by atoms with Gasteiger partial charge < -0.3 is 5.73 Å². The summed E-state index contributed by atoms with van der Waals surface area (Å²) in [4.78, 5) is 4.35. The second-order valence-electron chi connectivity index (χ2n) is 4.32. The first-order valence-electron chi connectivity index (χ1n) is 4.61. The van der Waals surface area contributed by atoms with Gasteiger partial charge in [0.15, 0.2) is 0 Å². The number of hydrogen-bond donors (Lipinski definition) is 1. The Morgan fingerprint density at radius 3 is 2.53 bits per heavy atom. The Bertz CT molecular complexity index is 394.